The Kier molecular flexibility index (Phi) is 3.74. The van der Waals surface area contributed by atoms with Crippen LogP contribution in [0.5, 0.6) is 0 Å². The van der Waals surface area contributed by atoms with Crippen molar-refractivity contribution < 1.29 is 4.79 Å². The van der Waals surface area contributed by atoms with Gasteiger partial charge in [-0.05, 0) is 29.3 Å². The molecule has 5 heteroatoms. The van der Waals surface area contributed by atoms with Gasteiger partial charge in [0.2, 0.25) is 5.91 Å². The summed E-state index contributed by atoms with van der Waals surface area (Å²) in [5.74, 6) is 0.916. The predicted octanol–water partition coefficient (Wildman–Crippen LogP) is 3.55. The van der Waals surface area contributed by atoms with Crippen LogP contribution in [0, 0.1) is 0 Å². The second kappa shape index (κ2) is 6.20. The first-order valence-electron chi connectivity index (χ1n) is 7.99. The van der Waals surface area contributed by atoms with Crippen LogP contribution in [0.25, 0.3) is 22.6 Å². The van der Waals surface area contributed by atoms with Gasteiger partial charge >= 0.3 is 0 Å². The minimum Gasteiger partial charge on any atom is -0.367 e. The molecule has 122 valence electrons. The number of para-hydroxylation sites is 1. The molecule has 0 spiro atoms. The van der Waals surface area contributed by atoms with Crippen LogP contribution in [-0.2, 0) is 4.79 Å². The third-order valence-electron chi connectivity index (χ3n) is 3.98. The van der Waals surface area contributed by atoms with Gasteiger partial charge in [0.05, 0.1) is 5.52 Å². The Balaban J connectivity index is 1.93. The molecule has 0 fully saturated rings. The van der Waals surface area contributed by atoms with Crippen LogP contribution in [0.3, 0.4) is 0 Å². The summed E-state index contributed by atoms with van der Waals surface area (Å²) in [6, 6.07) is 15.7. The lowest BCUT2D eigenvalue weighted by Gasteiger charge is -2.12. The average Bonchev–Trinajstić information content (AvgIpc) is 2.83. The molecule has 5 nitrogen and oxygen atoms in total. The van der Waals surface area contributed by atoms with Gasteiger partial charge < -0.3 is 10.6 Å². The molecule has 2 N–H and O–H groups in total. The highest BCUT2D eigenvalue weighted by Gasteiger charge is 2.16. The van der Waals surface area contributed by atoms with Gasteiger partial charge in [-0.3, -0.25) is 4.79 Å². The second-order valence-corrected chi connectivity index (χ2v) is 5.74. The Morgan fingerprint density at radius 2 is 1.84 bits per heavy atom. The number of nitrogens with one attached hydrogen (secondary N) is 2. The van der Waals surface area contributed by atoms with Crippen LogP contribution >= 0.6 is 0 Å². The van der Waals surface area contributed by atoms with Crippen molar-refractivity contribution in [2.75, 3.05) is 5.32 Å². The van der Waals surface area contributed by atoms with Crippen molar-refractivity contribution >= 4 is 34.3 Å². The Morgan fingerprint density at radius 1 is 1.04 bits per heavy atom. The highest BCUT2D eigenvalue weighted by atomic mass is 16.1. The predicted molar refractivity (Wildman–Crippen MR) is 99.5 cm³/mol. The molecule has 1 aliphatic rings. The van der Waals surface area contributed by atoms with E-state index in [1.807, 2.05) is 67.0 Å². The van der Waals surface area contributed by atoms with Crippen molar-refractivity contribution in [2.24, 2.45) is 0 Å². The molecule has 0 radical (unpaired) electrons. The number of amides is 1. The van der Waals surface area contributed by atoms with E-state index in [1.54, 1.807) is 0 Å². The molecule has 4 rings (SSSR count). The van der Waals surface area contributed by atoms with Gasteiger partial charge in [-0.2, -0.15) is 0 Å². The van der Waals surface area contributed by atoms with Gasteiger partial charge in [0.1, 0.15) is 5.82 Å². The van der Waals surface area contributed by atoms with E-state index in [4.69, 9.17) is 4.98 Å². The van der Waals surface area contributed by atoms with Crippen molar-refractivity contribution in [3.63, 3.8) is 0 Å². The van der Waals surface area contributed by atoms with Crippen molar-refractivity contribution in [2.45, 2.75) is 6.92 Å². The molecule has 2 aromatic carbocycles. The summed E-state index contributed by atoms with van der Waals surface area (Å²) in [7, 11) is 0. The van der Waals surface area contributed by atoms with E-state index in [-0.39, 0.29) is 5.91 Å². The zero-order valence-electron chi connectivity index (χ0n) is 13.7. The van der Waals surface area contributed by atoms with Gasteiger partial charge in [-0.25, -0.2) is 9.97 Å². The standard InChI is InChI=1S/C20H16N4O/c1-13(25)22-19-16-8-4-5-9-18(16)23-20(24-19)17-12-21-11-10-14-6-2-3-7-15(14)17/h2-12,21H,1H3,(H,22,23,24,25). The quantitative estimate of drug-likeness (QED) is 0.755. The summed E-state index contributed by atoms with van der Waals surface area (Å²) in [6.07, 6.45) is 5.76. The maximum atomic E-state index is 11.6. The first-order chi connectivity index (χ1) is 12.2. The summed E-state index contributed by atoms with van der Waals surface area (Å²) >= 11 is 0. The number of anilines is 1. The molecule has 0 aliphatic carbocycles. The van der Waals surface area contributed by atoms with Gasteiger partial charge in [-0.15, -0.1) is 0 Å². The van der Waals surface area contributed by atoms with Gasteiger partial charge in [0.15, 0.2) is 5.82 Å². The van der Waals surface area contributed by atoms with E-state index in [9.17, 15) is 4.79 Å². The lowest BCUT2D eigenvalue weighted by atomic mass is 10.00. The lowest BCUT2D eigenvalue weighted by molar-refractivity contribution is -0.114. The van der Waals surface area contributed by atoms with E-state index in [0.29, 0.717) is 11.6 Å². The molecule has 1 aromatic heterocycles. The van der Waals surface area contributed by atoms with Crippen LogP contribution < -0.4 is 10.6 Å². The van der Waals surface area contributed by atoms with Crippen LogP contribution in [0.1, 0.15) is 23.9 Å². The zero-order chi connectivity index (χ0) is 17.2. The Hall–Kier alpha value is -3.47. The van der Waals surface area contributed by atoms with Gasteiger partial charge in [-0.1, -0.05) is 36.4 Å². The Bertz CT molecular complexity index is 1040. The SMILES string of the molecule is CC(=O)Nc1nc(C2=CNC=Cc3ccccc32)nc2ccccc12. The molecular weight excluding hydrogens is 312 g/mol. The molecule has 0 unspecified atom stereocenters. The average molecular weight is 328 g/mol. The van der Waals surface area contributed by atoms with Crippen LogP contribution in [0.4, 0.5) is 5.82 Å². The maximum Gasteiger partial charge on any atom is 0.222 e. The Labute approximate surface area is 145 Å². The summed E-state index contributed by atoms with van der Waals surface area (Å²) in [5, 5.41) is 6.77. The van der Waals surface area contributed by atoms with E-state index < -0.39 is 0 Å². The number of carbonyl (C=O) groups excluding carboxylic acids is 1. The van der Waals surface area contributed by atoms with Crippen molar-refractivity contribution in [1.29, 1.82) is 0 Å². The normalized spacial score (nSPS) is 12.8. The number of nitrogens with zero attached hydrogens (tertiary/aromatic N) is 2. The van der Waals surface area contributed by atoms with E-state index >= 15 is 0 Å². The summed E-state index contributed by atoms with van der Waals surface area (Å²) in [5.41, 5.74) is 3.77. The van der Waals surface area contributed by atoms with Gasteiger partial charge in [0.25, 0.3) is 0 Å². The van der Waals surface area contributed by atoms with Crippen LogP contribution in [-0.4, -0.2) is 15.9 Å². The fourth-order valence-electron chi connectivity index (χ4n) is 2.88. The highest BCUT2D eigenvalue weighted by Crippen LogP contribution is 2.29. The lowest BCUT2D eigenvalue weighted by Crippen LogP contribution is -2.10. The van der Waals surface area contributed by atoms with Crippen molar-refractivity contribution in [3.05, 3.63) is 77.9 Å². The third kappa shape index (κ3) is 2.87. The minimum atomic E-state index is -0.162. The van der Waals surface area contributed by atoms with Gasteiger partial charge in [0, 0.05) is 30.3 Å². The van der Waals surface area contributed by atoms with E-state index in [2.05, 4.69) is 15.6 Å². The van der Waals surface area contributed by atoms with Crippen LogP contribution in [0.2, 0.25) is 0 Å². The number of aromatic nitrogens is 2. The molecule has 0 bridgehead atoms. The maximum absolute atomic E-state index is 11.6. The second-order valence-electron chi connectivity index (χ2n) is 5.74. The summed E-state index contributed by atoms with van der Waals surface area (Å²) in [6.45, 7) is 1.47. The monoisotopic (exact) mass is 328 g/mol. The molecule has 1 aliphatic heterocycles. The topological polar surface area (TPSA) is 66.9 Å². The molecule has 2 heterocycles. The van der Waals surface area contributed by atoms with E-state index in [0.717, 1.165) is 27.6 Å². The molecular formula is C20H16N4O. The fourth-order valence-corrected chi connectivity index (χ4v) is 2.88. The number of benzene rings is 2. The first kappa shape index (κ1) is 15.1. The number of fused-ring (bicyclic) bond motifs is 2. The van der Waals surface area contributed by atoms with Crippen molar-refractivity contribution in [1.82, 2.24) is 15.3 Å². The minimum absolute atomic E-state index is 0.162. The summed E-state index contributed by atoms with van der Waals surface area (Å²) in [4.78, 5) is 20.9. The number of rotatable bonds is 2. The van der Waals surface area contributed by atoms with E-state index in [1.165, 1.54) is 6.92 Å². The molecule has 3 aromatic rings. The number of carbonyl (C=O) groups is 1. The molecule has 0 saturated carbocycles. The number of hydrogen-bond acceptors (Lipinski definition) is 4. The smallest absolute Gasteiger partial charge is 0.222 e. The summed E-state index contributed by atoms with van der Waals surface area (Å²) < 4.78 is 0. The largest absolute Gasteiger partial charge is 0.367 e. The first-order valence-corrected chi connectivity index (χ1v) is 7.99. The Morgan fingerprint density at radius 3 is 2.72 bits per heavy atom. The highest BCUT2D eigenvalue weighted by molar-refractivity contribution is 5.99. The molecule has 0 atom stereocenters. The molecule has 1 amide bonds. The van der Waals surface area contributed by atoms with Crippen LogP contribution in [0.15, 0.2) is 60.9 Å². The number of hydrogen-bond donors (Lipinski definition) is 2. The molecule has 0 saturated heterocycles. The third-order valence-corrected chi connectivity index (χ3v) is 3.98. The zero-order valence-corrected chi connectivity index (χ0v) is 13.7. The fraction of sp³-hybridized carbons (Fsp3) is 0.0500. The van der Waals surface area contributed by atoms with Crippen molar-refractivity contribution in [3.8, 4) is 0 Å². The molecule has 25 heavy (non-hydrogen) atoms.